The number of halogens is 2. The maximum absolute atomic E-state index is 14.0. The summed E-state index contributed by atoms with van der Waals surface area (Å²) in [7, 11) is 1.23. The van der Waals surface area contributed by atoms with Crippen molar-refractivity contribution < 1.29 is 18.7 Å². The number of carbonyl (C=O) groups excluding carboxylic acids is 1. The summed E-state index contributed by atoms with van der Waals surface area (Å²) in [6.45, 7) is 0.645. The summed E-state index contributed by atoms with van der Waals surface area (Å²) in [5, 5.41) is 4.45. The summed E-state index contributed by atoms with van der Waals surface area (Å²) in [6.07, 6.45) is 4.07. The van der Waals surface area contributed by atoms with E-state index in [4.69, 9.17) is 16.3 Å². The number of rotatable bonds is 2. The molecule has 1 atom stereocenters. The highest BCUT2D eigenvalue weighted by molar-refractivity contribution is 6.35. The Morgan fingerprint density at radius 2 is 2.38 bits per heavy atom. The molecule has 7 heteroatoms. The van der Waals surface area contributed by atoms with Crippen LogP contribution in [-0.4, -0.2) is 29.5 Å². The lowest BCUT2D eigenvalue weighted by Crippen LogP contribution is -2.19. The van der Waals surface area contributed by atoms with Crippen molar-refractivity contribution >= 4 is 28.5 Å². The van der Waals surface area contributed by atoms with Crippen molar-refractivity contribution in [2.75, 3.05) is 13.7 Å². The number of aromatic nitrogens is 2. The minimum absolute atomic E-state index is 0.00349. The highest BCUT2D eigenvalue weighted by Gasteiger charge is 2.25. The topological polar surface area (TPSA) is 53.3 Å². The molecule has 1 unspecified atom stereocenters. The minimum atomic E-state index is -0.686. The summed E-state index contributed by atoms with van der Waals surface area (Å²) in [4.78, 5) is 11.8. The third-order valence-corrected chi connectivity index (χ3v) is 3.98. The number of methoxy groups -OCH3 is 1. The Morgan fingerprint density at radius 1 is 1.57 bits per heavy atom. The third-order valence-electron chi connectivity index (χ3n) is 3.61. The van der Waals surface area contributed by atoms with Gasteiger partial charge in [0.15, 0.2) is 6.23 Å². The second-order valence-corrected chi connectivity index (χ2v) is 5.26. The van der Waals surface area contributed by atoms with Gasteiger partial charge in [0.05, 0.1) is 29.4 Å². The lowest BCUT2D eigenvalue weighted by Gasteiger charge is -2.23. The van der Waals surface area contributed by atoms with Crippen LogP contribution in [0.1, 0.15) is 35.8 Å². The van der Waals surface area contributed by atoms with Crippen molar-refractivity contribution in [1.82, 2.24) is 9.78 Å². The van der Waals surface area contributed by atoms with Gasteiger partial charge in [0, 0.05) is 18.1 Å². The Morgan fingerprint density at radius 3 is 3.05 bits per heavy atom. The molecule has 0 spiro atoms. The summed E-state index contributed by atoms with van der Waals surface area (Å²) in [5.41, 5.74) is 0.473. The molecule has 1 aliphatic heterocycles. The average Bonchev–Trinajstić information content (AvgIpc) is 2.91. The van der Waals surface area contributed by atoms with Gasteiger partial charge in [0.2, 0.25) is 0 Å². The highest BCUT2D eigenvalue weighted by atomic mass is 35.5. The number of carbonyl (C=O) groups is 1. The van der Waals surface area contributed by atoms with E-state index >= 15 is 0 Å². The lowest BCUT2D eigenvalue weighted by atomic mass is 10.1. The predicted molar refractivity (Wildman–Crippen MR) is 74.9 cm³/mol. The molecule has 3 rings (SSSR count). The number of hydrogen-bond donors (Lipinski definition) is 0. The van der Waals surface area contributed by atoms with Gasteiger partial charge in [0.1, 0.15) is 5.82 Å². The Kier molecular flexibility index (Phi) is 3.82. The zero-order chi connectivity index (χ0) is 15.0. The standard InChI is InChI=1S/C14H14ClFN2O3/c1-20-14(19)12-8-7-17-18(11-4-2-3-5-21-11)10(8)6-9(16)13(12)15/h6-7,11H,2-5H2,1H3. The number of benzene rings is 1. The fourth-order valence-electron chi connectivity index (χ4n) is 2.58. The molecule has 0 radical (unpaired) electrons. The molecule has 5 nitrogen and oxygen atoms in total. The molecule has 1 saturated heterocycles. The van der Waals surface area contributed by atoms with Crippen molar-refractivity contribution in [2.24, 2.45) is 0 Å². The summed E-state index contributed by atoms with van der Waals surface area (Å²) in [5.74, 6) is -1.37. The van der Waals surface area contributed by atoms with E-state index in [2.05, 4.69) is 9.84 Å². The normalized spacial score (nSPS) is 18.9. The highest BCUT2D eigenvalue weighted by Crippen LogP contribution is 2.32. The van der Waals surface area contributed by atoms with Crippen LogP contribution >= 0.6 is 11.6 Å². The first-order chi connectivity index (χ1) is 10.1. The molecular formula is C14H14ClFN2O3. The van der Waals surface area contributed by atoms with E-state index in [1.54, 1.807) is 4.68 Å². The number of ether oxygens (including phenoxy) is 2. The van der Waals surface area contributed by atoms with Gasteiger partial charge in [-0.15, -0.1) is 0 Å². The fraction of sp³-hybridized carbons (Fsp3) is 0.429. The molecule has 0 amide bonds. The zero-order valence-corrected chi connectivity index (χ0v) is 12.2. The number of nitrogens with zero attached hydrogens (tertiary/aromatic N) is 2. The van der Waals surface area contributed by atoms with Crippen LogP contribution in [0.4, 0.5) is 4.39 Å². The molecular weight excluding hydrogens is 299 g/mol. The quantitative estimate of drug-likeness (QED) is 0.798. The van der Waals surface area contributed by atoms with Crippen LogP contribution in [0.3, 0.4) is 0 Å². The summed E-state index contributed by atoms with van der Waals surface area (Å²) in [6, 6.07) is 1.27. The Balaban J connectivity index is 2.17. The van der Waals surface area contributed by atoms with Crippen molar-refractivity contribution in [3.05, 3.63) is 28.7 Å². The maximum Gasteiger partial charge on any atom is 0.340 e. The molecule has 2 aromatic rings. The zero-order valence-electron chi connectivity index (χ0n) is 11.4. The van der Waals surface area contributed by atoms with Gasteiger partial charge in [0.25, 0.3) is 0 Å². The van der Waals surface area contributed by atoms with E-state index in [-0.39, 0.29) is 16.8 Å². The molecule has 0 saturated carbocycles. The van der Waals surface area contributed by atoms with Crippen molar-refractivity contribution in [3.8, 4) is 0 Å². The van der Waals surface area contributed by atoms with Crippen LogP contribution in [0.25, 0.3) is 10.9 Å². The largest absolute Gasteiger partial charge is 0.465 e. The second kappa shape index (κ2) is 5.61. The SMILES string of the molecule is COC(=O)c1c(Cl)c(F)cc2c1cnn2C1CCCCO1. The van der Waals surface area contributed by atoms with Gasteiger partial charge in [-0.25, -0.2) is 13.9 Å². The first-order valence-corrected chi connectivity index (χ1v) is 7.06. The number of fused-ring (bicyclic) bond motifs is 1. The Labute approximate surface area is 125 Å². The van der Waals surface area contributed by atoms with E-state index in [1.807, 2.05) is 0 Å². The monoisotopic (exact) mass is 312 g/mol. The molecule has 21 heavy (non-hydrogen) atoms. The maximum atomic E-state index is 14.0. The van der Waals surface area contributed by atoms with E-state index in [0.717, 1.165) is 19.3 Å². The summed E-state index contributed by atoms with van der Waals surface area (Å²) >= 11 is 5.90. The molecule has 0 bridgehead atoms. The summed E-state index contributed by atoms with van der Waals surface area (Å²) < 4.78 is 25.9. The van der Waals surface area contributed by atoms with Crippen LogP contribution in [0, 0.1) is 5.82 Å². The molecule has 1 fully saturated rings. The molecule has 1 aromatic heterocycles. The van der Waals surface area contributed by atoms with E-state index in [1.165, 1.54) is 19.4 Å². The van der Waals surface area contributed by atoms with Crippen LogP contribution < -0.4 is 0 Å². The molecule has 112 valence electrons. The Bertz CT molecular complexity index is 695. The van der Waals surface area contributed by atoms with Crippen molar-refractivity contribution in [2.45, 2.75) is 25.5 Å². The Hall–Kier alpha value is -1.66. The van der Waals surface area contributed by atoms with Crippen LogP contribution in [0.15, 0.2) is 12.3 Å². The van der Waals surface area contributed by atoms with E-state index < -0.39 is 11.8 Å². The van der Waals surface area contributed by atoms with E-state index in [0.29, 0.717) is 17.5 Å². The van der Waals surface area contributed by atoms with Crippen LogP contribution in [0.2, 0.25) is 5.02 Å². The van der Waals surface area contributed by atoms with E-state index in [9.17, 15) is 9.18 Å². The minimum Gasteiger partial charge on any atom is -0.465 e. The van der Waals surface area contributed by atoms with Gasteiger partial charge in [-0.05, 0) is 19.3 Å². The first kappa shape index (κ1) is 14.3. The van der Waals surface area contributed by atoms with Gasteiger partial charge in [-0.3, -0.25) is 0 Å². The molecule has 0 aliphatic carbocycles. The van der Waals surface area contributed by atoms with Gasteiger partial charge < -0.3 is 9.47 Å². The van der Waals surface area contributed by atoms with Gasteiger partial charge in [-0.2, -0.15) is 5.10 Å². The van der Waals surface area contributed by atoms with Crippen molar-refractivity contribution in [3.63, 3.8) is 0 Å². The predicted octanol–water partition coefficient (Wildman–Crippen LogP) is 3.31. The average molecular weight is 313 g/mol. The van der Waals surface area contributed by atoms with Crippen LogP contribution in [-0.2, 0) is 9.47 Å². The first-order valence-electron chi connectivity index (χ1n) is 6.68. The molecule has 1 aliphatic rings. The number of esters is 1. The van der Waals surface area contributed by atoms with Crippen molar-refractivity contribution in [1.29, 1.82) is 0 Å². The fourth-order valence-corrected chi connectivity index (χ4v) is 2.81. The number of hydrogen-bond acceptors (Lipinski definition) is 4. The molecule has 2 heterocycles. The van der Waals surface area contributed by atoms with Gasteiger partial charge >= 0.3 is 5.97 Å². The molecule has 1 aromatic carbocycles. The second-order valence-electron chi connectivity index (χ2n) is 4.88. The van der Waals surface area contributed by atoms with Crippen LogP contribution in [0.5, 0.6) is 0 Å². The third kappa shape index (κ3) is 2.38. The smallest absolute Gasteiger partial charge is 0.340 e. The van der Waals surface area contributed by atoms with Gasteiger partial charge in [-0.1, -0.05) is 11.6 Å². The molecule has 0 N–H and O–H groups in total. The lowest BCUT2D eigenvalue weighted by molar-refractivity contribution is -0.0367.